The maximum absolute atomic E-state index is 8.55. The third-order valence-corrected chi connectivity index (χ3v) is 0. The van der Waals surface area contributed by atoms with E-state index in [0.717, 1.165) is 0 Å². The van der Waals surface area contributed by atoms with E-state index in [4.69, 9.17) is 38.5 Å². The molecule has 0 aromatic carbocycles. The Hall–Kier alpha value is 1.66. The van der Waals surface area contributed by atoms with Crippen LogP contribution in [0.25, 0.3) is 0 Å². The molecule has 11 nitrogen and oxygen atoms in total. The third kappa shape index (κ3) is 1220. The van der Waals surface area contributed by atoms with Gasteiger partial charge in [-0.15, -0.1) is 0 Å². The van der Waals surface area contributed by atoms with Crippen LogP contribution in [0.5, 0.6) is 0 Å². The van der Waals surface area contributed by atoms with Crippen molar-refractivity contribution >= 4 is 15.6 Å². The van der Waals surface area contributed by atoms with E-state index >= 15 is 0 Å². The van der Waals surface area contributed by atoms with Gasteiger partial charge in [-0.05, 0) is 0 Å². The second kappa shape index (κ2) is 21.9. The maximum Gasteiger partial charge on any atom is 2.00 e. The average Bonchev–Trinajstić information content (AvgIpc) is 1.12. The molecular weight excluding hydrogens is 403 g/mol. The molecule has 0 aliphatic rings. The summed E-state index contributed by atoms with van der Waals surface area (Å²) in [5.74, 6) is 0. The van der Waals surface area contributed by atoms with Gasteiger partial charge in [0.05, 0.1) is 0 Å². The Bertz CT molecular complexity index is 132. The minimum Gasteiger partial charge on any atom is -0.822 e. The summed E-state index contributed by atoms with van der Waals surface area (Å²) in [5, 5.41) is 0. The second-order valence-corrected chi connectivity index (χ2v) is 2.68. The van der Waals surface area contributed by atoms with E-state index in [1.54, 1.807) is 0 Å². The van der Waals surface area contributed by atoms with Crippen LogP contribution >= 0.6 is 15.6 Å². The summed E-state index contributed by atoms with van der Waals surface area (Å²) >= 11 is 0. The van der Waals surface area contributed by atoms with Crippen LogP contribution in [-0.2, 0) is 60.3 Å². The van der Waals surface area contributed by atoms with Crippen LogP contribution < -0.4 is 29.4 Å². The van der Waals surface area contributed by atoms with Crippen molar-refractivity contribution in [1.29, 1.82) is 0 Å². The Morgan fingerprint density at radius 2 is 0.500 bits per heavy atom. The zero-order chi connectivity index (χ0) is 9.00. The van der Waals surface area contributed by atoms with Crippen molar-refractivity contribution in [2.45, 2.75) is 0 Å². The molecule has 0 aliphatic heterocycles. The molecule has 0 bridgehead atoms. The van der Waals surface area contributed by atoms with E-state index in [1.165, 1.54) is 0 Å². The Balaban J connectivity index is -0.00000000970. The molecule has 6 N–H and O–H groups in total. The van der Waals surface area contributed by atoms with Crippen molar-refractivity contribution in [2.75, 3.05) is 0 Å². The minimum absolute atomic E-state index is 0. The Labute approximate surface area is 121 Å². The molecule has 0 aromatic rings. The van der Waals surface area contributed by atoms with E-state index in [9.17, 15) is 0 Å². The van der Waals surface area contributed by atoms with E-state index in [-0.39, 0.29) is 67.6 Å². The Morgan fingerprint density at radius 1 is 0.500 bits per heavy atom. The summed E-state index contributed by atoms with van der Waals surface area (Å²) in [5.41, 5.74) is 0. The van der Waals surface area contributed by atoms with Crippen molar-refractivity contribution in [1.82, 2.24) is 0 Å². The van der Waals surface area contributed by atoms with Crippen LogP contribution in [-0.4, -0.2) is 16.4 Å². The first-order valence-corrected chi connectivity index (χ1v) is 4.38. The Kier molecular flexibility index (Phi) is 71.9. The van der Waals surface area contributed by atoms with Gasteiger partial charge in [-0.3, -0.25) is 0 Å². The molecular formula is H6Mn3O11P2. The van der Waals surface area contributed by atoms with Crippen molar-refractivity contribution in [3.63, 3.8) is 0 Å². The van der Waals surface area contributed by atoms with E-state index in [0.29, 0.717) is 0 Å². The minimum atomic E-state index is -5.39. The van der Waals surface area contributed by atoms with Crippen LogP contribution in [0.1, 0.15) is 0 Å². The van der Waals surface area contributed by atoms with Gasteiger partial charge < -0.3 is 54.9 Å². The largest absolute Gasteiger partial charge is 2.00 e. The molecule has 103 valence electrons. The molecule has 0 spiro atoms. The molecule has 3 radical (unpaired) electrons. The summed E-state index contributed by atoms with van der Waals surface area (Å²) < 4.78 is 17.1. The van der Waals surface area contributed by atoms with Gasteiger partial charge in [0.25, 0.3) is 0 Å². The molecule has 0 fully saturated rings. The summed E-state index contributed by atoms with van der Waals surface area (Å²) in [6.45, 7) is 0. The second-order valence-electron chi connectivity index (χ2n) is 0.894. The topological polar surface area (TPSA) is 267 Å². The third-order valence-electron chi connectivity index (χ3n) is 0. The first-order valence-electron chi connectivity index (χ1n) is 1.46. The first kappa shape index (κ1) is 52.5. The van der Waals surface area contributed by atoms with Crippen molar-refractivity contribution in [2.24, 2.45) is 0 Å². The number of hydrogen-bond acceptors (Lipinski definition) is 8. The van der Waals surface area contributed by atoms with Crippen LogP contribution in [0.4, 0.5) is 0 Å². The molecule has 0 saturated carbocycles. The molecule has 16 heavy (non-hydrogen) atoms. The zero-order valence-electron chi connectivity index (χ0n) is 6.79. The summed E-state index contributed by atoms with van der Waals surface area (Å²) in [7, 11) is -10.8. The zero-order valence-corrected chi connectivity index (χ0v) is 12.1. The Morgan fingerprint density at radius 3 is 0.500 bits per heavy atom. The monoisotopic (exact) mass is 409 g/mol. The maximum atomic E-state index is 8.55. The fraction of sp³-hybridized carbons (Fsp3) is 0. The van der Waals surface area contributed by atoms with Crippen LogP contribution in [0.15, 0.2) is 0 Å². The molecule has 0 unspecified atom stereocenters. The summed E-state index contributed by atoms with van der Waals surface area (Å²) in [6, 6.07) is 0. The van der Waals surface area contributed by atoms with Crippen molar-refractivity contribution in [3.8, 4) is 0 Å². The normalized spacial score (nSPS) is 7.38. The molecule has 16 heteroatoms. The van der Waals surface area contributed by atoms with Crippen LogP contribution in [0.2, 0.25) is 0 Å². The first-order chi connectivity index (χ1) is 4.00. The van der Waals surface area contributed by atoms with E-state index in [1.807, 2.05) is 0 Å². The predicted molar refractivity (Wildman–Crippen MR) is 26.1 cm³/mol. The van der Waals surface area contributed by atoms with Gasteiger partial charge in [-0.2, -0.15) is 15.6 Å². The van der Waals surface area contributed by atoms with Gasteiger partial charge >= 0.3 is 51.2 Å². The SMILES string of the molecule is O.O.O.O=P([O-])([O-])[O-].O=P([O-])([O-])[O-].[Mn+2].[Mn+2].[Mn+2]. The molecule has 0 saturated heterocycles. The molecule has 0 rings (SSSR count). The number of rotatable bonds is 0. The van der Waals surface area contributed by atoms with Crippen LogP contribution in [0.3, 0.4) is 0 Å². The molecule has 0 atom stereocenters. The molecule has 0 amide bonds. The van der Waals surface area contributed by atoms with Gasteiger partial charge in [0.15, 0.2) is 0 Å². The quantitative estimate of drug-likeness (QED) is 0.273. The molecule has 0 heterocycles. The van der Waals surface area contributed by atoms with Gasteiger partial charge in [0, 0.05) is 0 Å². The van der Waals surface area contributed by atoms with Gasteiger partial charge in [0.1, 0.15) is 0 Å². The fourth-order valence-electron chi connectivity index (χ4n) is 0. The predicted octanol–water partition coefficient (Wildman–Crippen LogP) is -8.13. The summed E-state index contributed by atoms with van der Waals surface area (Å²) in [6.07, 6.45) is 0. The summed E-state index contributed by atoms with van der Waals surface area (Å²) in [4.78, 5) is 51.3. The fourth-order valence-corrected chi connectivity index (χ4v) is 0. The van der Waals surface area contributed by atoms with Gasteiger partial charge in [-0.1, -0.05) is 0 Å². The number of phosphoric acid groups is 2. The van der Waals surface area contributed by atoms with E-state index in [2.05, 4.69) is 0 Å². The number of hydrogen-bond donors (Lipinski definition) is 0. The van der Waals surface area contributed by atoms with Crippen molar-refractivity contribution < 1.29 is 106 Å². The standard InChI is InChI=1S/3Mn.2H3O4P.3H2O/c;;;2*1-5(2,3)4;;;/h;;;2*(H3,1,2,3,4);3*1H2/q3*+2;;;;;/p-6. The van der Waals surface area contributed by atoms with Crippen molar-refractivity contribution in [3.05, 3.63) is 0 Å². The smallest absolute Gasteiger partial charge is 0.822 e. The van der Waals surface area contributed by atoms with Gasteiger partial charge in [0.2, 0.25) is 0 Å². The van der Waals surface area contributed by atoms with Crippen LogP contribution in [0, 0.1) is 0 Å². The van der Waals surface area contributed by atoms with Gasteiger partial charge in [-0.25, -0.2) is 0 Å². The average molecular weight is 409 g/mol. The molecule has 0 aromatic heterocycles. The molecule has 0 aliphatic carbocycles. The van der Waals surface area contributed by atoms with E-state index < -0.39 is 15.6 Å².